The van der Waals surface area contributed by atoms with E-state index in [1.165, 1.54) is 6.92 Å². The molecular formula is C12H15NO3S2. The van der Waals surface area contributed by atoms with Crippen molar-refractivity contribution in [2.75, 3.05) is 0 Å². The van der Waals surface area contributed by atoms with E-state index in [9.17, 15) is 8.42 Å². The Bertz CT molecular complexity index is 615. The zero-order valence-corrected chi connectivity index (χ0v) is 11.5. The number of nitrogens with two attached hydrogens (primary N) is 1. The first-order chi connectivity index (χ1) is 8.38. The summed E-state index contributed by atoms with van der Waals surface area (Å²) in [7, 11) is -4.01. The zero-order valence-electron chi connectivity index (χ0n) is 9.91. The van der Waals surface area contributed by atoms with Gasteiger partial charge in [0, 0.05) is 15.6 Å². The van der Waals surface area contributed by atoms with Crippen molar-refractivity contribution in [1.82, 2.24) is 0 Å². The second kappa shape index (κ2) is 4.97. The lowest BCUT2D eigenvalue weighted by Gasteiger charge is -2.13. The zero-order chi connectivity index (χ0) is 13.3. The Labute approximate surface area is 110 Å². The van der Waals surface area contributed by atoms with Crippen molar-refractivity contribution >= 4 is 31.5 Å². The summed E-state index contributed by atoms with van der Waals surface area (Å²) < 4.78 is 32.0. The van der Waals surface area contributed by atoms with Crippen LogP contribution < -0.4 is 5.73 Å². The first kappa shape index (κ1) is 13.5. The van der Waals surface area contributed by atoms with Crippen molar-refractivity contribution in [3.05, 3.63) is 35.2 Å². The Morgan fingerprint density at radius 3 is 2.67 bits per heavy atom. The maximum Gasteiger partial charge on any atom is 0.267 e. The fraction of sp³-hybridized carbons (Fsp3) is 0.333. The molecule has 98 valence electrons. The first-order valence-electron chi connectivity index (χ1n) is 5.58. The fourth-order valence-electron chi connectivity index (χ4n) is 1.78. The third kappa shape index (κ3) is 2.89. The topological polar surface area (TPSA) is 80.4 Å². The second-order valence-electron chi connectivity index (χ2n) is 4.35. The predicted octanol–water partition coefficient (Wildman–Crippen LogP) is 2.57. The number of benzene rings is 1. The molecule has 0 fully saturated rings. The van der Waals surface area contributed by atoms with Crippen LogP contribution in [0, 0.1) is 0 Å². The van der Waals surface area contributed by atoms with E-state index in [0.717, 1.165) is 15.0 Å². The lowest BCUT2D eigenvalue weighted by Crippen LogP contribution is -2.23. The largest absolute Gasteiger partial charge is 0.323 e. The minimum Gasteiger partial charge on any atom is -0.323 e. The molecule has 0 amide bonds. The molecule has 1 aromatic heterocycles. The van der Waals surface area contributed by atoms with Gasteiger partial charge in [0.05, 0.1) is 5.25 Å². The molecule has 18 heavy (non-hydrogen) atoms. The summed E-state index contributed by atoms with van der Waals surface area (Å²) in [6.45, 7) is 1.46. The molecule has 0 aliphatic heterocycles. The molecule has 0 aliphatic carbocycles. The van der Waals surface area contributed by atoms with Crippen LogP contribution in [0.4, 0.5) is 0 Å². The van der Waals surface area contributed by atoms with Crippen LogP contribution in [-0.4, -0.2) is 18.2 Å². The van der Waals surface area contributed by atoms with E-state index in [0.29, 0.717) is 0 Å². The van der Waals surface area contributed by atoms with Gasteiger partial charge in [0.2, 0.25) is 0 Å². The summed E-state index contributed by atoms with van der Waals surface area (Å²) in [6.07, 6.45) is 0.214. The molecule has 3 N–H and O–H groups in total. The lowest BCUT2D eigenvalue weighted by atomic mass is 10.1. The second-order valence-corrected chi connectivity index (χ2v) is 7.30. The maximum atomic E-state index is 11.0. The normalized spacial score (nSPS) is 15.7. The fourth-order valence-corrected chi connectivity index (χ4v) is 3.31. The van der Waals surface area contributed by atoms with Gasteiger partial charge in [0.1, 0.15) is 0 Å². The molecule has 1 heterocycles. The van der Waals surface area contributed by atoms with E-state index < -0.39 is 15.4 Å². The molecule has 0 aliphatic rings. The Kier molecular flexibility index (Phi) is 3.72. The van der Waals surface area contributed by atoms with Gasteiger partial charge >= 0.3 is 0 Å². The molecule has 0 bridgehead atoms. The number of hydrogen-bond donors (Lipinski definition) is 2. The monoisotopic (exact) mass is 285 g/mol. The quantitative estimate of drug-likeness (QED) is 0.846. The van der Waals surface area contributed by atoms with Crippen molar-refractivity contribution in [2.45, 2.75) is 24.6 Å². The summed E-state index contributed by atoms with van der Waals surface area (Å²) >= 11 is 1.56. The summed E-state index contributed by atoms with van der Waals surface area (Å²) in [4.78, 5) is 0.937. The van der Waals surface area contributed by atoms with Crippen LogP contribution in [0.5, 0.6) is 0 Å². The molecule has 2 unspecified atom stereocenters. The van der Waals surface area contributed by atoms with Gasteiger partial charge in [0.15, 0.2) is 0 Å². The summed E-state index contributed by atoms with van der Waals surface area (Å²) in [6, 6.07) is 9.50. The van der Waals surface area contributed by atoms with Gasteiger partial charge in [-0.1, -0.05) is 18.2 Å². The summed E-state index contributed by atoms with van der Waals surface area (Å²) in [5.41, 5.74) is 5.99. The number of rotatable bonds is 4. The van der Waals surface area contributed by atoms with E-state index in [1.54, 1.807) is 11.3 Å². The Hall–Kier alpha value is -0.950. The molecule has 2 aromatic rings. The SMILES string of the molecule is CC(CC(N)c1cc2ccccc2s1)S(=O)(=O)O. The van der Waals surface area contributed by atoms with E-state index in [2.05, 4.69) is 0 Å². The molecule has 0 saturated carbocycles. The van der Waals surface area contributed by atoms with Crippen LogP contribution in [-0.2, 0) is 10.1 Å². The van der Waals surface area contributed by atoms with Crippen LogP contribution in [0.3, 0.4) is 0 Å². The molecule has 2 rings (SSSR count). The maximum absolute atomic E-state index is 11.0. The highest BCUT2D eigenvalue weighted by atomic mass is 32.2. The van der Waals surface area contributed by atoms with E-state index in [1.807, 2.05) is 30.3 Å². The first-order valence-corrected chi connectivity index (χ1v) is 7.90. The Morgan fingerprint density at radius 2 is 2.06 bits per heavy atom. The van der Waals surface area contributed by atoms with Crippen molar-refractivity contribution in [2.24, 2.45) is 5.73 Å². The van der Waals surface area contributed by atoms with Crippen LogP contribution >= 0.6 is 11.3 Å². The minimum atomic E-state index is -4.01. The van der Waals surface area contributed by atoms with E-state index in [4.69, 9.17) is 10.3 Å². The van der Waals surface area contributed by atoms with Crippen LogP contribution in [0.2, 0.25) is 0 Å². The van der Waals surface area contributed by atoms with Crippen molar-refractivity contribution < 1.29 is 13.0 Å². The van der Waals surface area contributed by atoms with Crippen LogP contribution in [0.15, 0.2) is 30.3 Å². The van der Waals surface area contributed by atoms with Crippen molar-refractivity contribution in [3.8, 4) is 0 Å². The smallest absolute Gasteiger partial charge is 0.267 e. The van der Waals surface area contributed by atoms with E-state index >= 15 is 0 Å². The van der Waals surface area contributed by atoms with Crippen LogP contribution in [0.25, 0.3) is 10.1 Å². The number of fused-ring (bicyclic) bond motifs is 1. The molecule has 0 saturated heterocycles. The third-order valence-corrected chi connectivity index (χ3v) is 5.36. The molecule has 2 atom stereocenters. The highest BCUT2D eigenvalue weighted by Gasteiger charge is 2.22. The predicted molar refractivity (Wildman–Crippen MR) is 74.4 cm³/mol. The molecule has 0 spiro atoms. The molecule has 1 aromatic carbocycles. The molecule has 0 radical (unpaired) electrons. The van der Waals surface area contributed by atoms with Gasteiger partial charge in [-0.15, -0.1) is 11.3 Å². The highest BCUT2D eigenvalue weighted by molar-refractivity contribution is 7.86. The highest BCUT2D eigenvalue weighted by Crippen LogP contribution is 2.31. The average molecular weight is 285 g/mol. The third-order valence-electron chi connectivity index (χ3n) is 2.90. The summed E-state index contributed by atoms with van der Waals surface area (Å²) in [5, 5.41) is 0.255. The van der Waals surface area contributed by atoms with Gasteiger partial charge in [-0.05, 0) is 30.9 Å². The Balaban J connectivity index is 2.21. The summed E-state index contributed by atoms with van der Waals surface area (Å²) in [5.74, 6) is 0. The van der Waals surface area contributed by atoms with Gasteiger partial charge in [-0.25, -0.2) is 0 Å². The minimum absolute atomic E-state index is 0.214. The standard InChI is InChI=1S/C12H15NO3S2/c1-8(18(14,15)16)6-10(13)12-7-9-4-2-3-5-11(9)17-12/h2-5,7-8,10H,6,13H2,1H3,(H,14,15,16). The lowest BCUT2D eigenvalue weighted by molar-refractivity contribution is 0.460. The van der Waals surface area contributed by atoms with Gasteiger partial charge in [-0.2, -0.15) is 8.42 Å². The number of hydrogen-bond acceptors (Lipinski definition) is 4. The van der Waals surface area contributed by atoms with Gasteiger partial charge in [-0.3, -0.25) is 4.55 Å². The van der Waals surface area contributed by atoms with Crippen molar-refractivity contribution in [1.29, 1.82) is 0 Å². The van der Waals surface area contributed by atoms with E-state index in [-0.39, 0.29) is 12.5 Å². The molecule has 6 heteroatoms. The van der Waals surface area contributed by atoms with Gasteiger partial charge < -0.3 is 5.73 Å². The van der Waals surface area contributed by atoms with Crippen molar-refractivity contribution in [3.63, 3.8) is 0 Å². The molecular weight excluding hydrogens is 270 g/mol. The molecule has 4 nitrogen and oxygen atoms in total. The number of thiophene rings is 1. The Morgan fingerprint density at radius 1 is 1.39 bits per heavy atom. The van der Waals surface area contributed by atoms with Crippen LogP contribution in [0.1, 0.15) is 24.3 Å². The van der Waals surface area contributed by atoms with Gasteiger partial charge in [0.25, 0.3) is 10.1 Å². The average Bonchev–Trinajstić information content (AvgIpc) is 2.71.